The summed E-state index contributed by atoms with van der Waals surface area (Å²) in [4.78, 5) is 20.4. The highest BCUT2D eigenvalue weighted by Gasteiger charge is 2.20. The van der Waals surface area contributed by atoms with Crippen LogP contribution in [0.2, 0.25) is 0 Å². The van der Waals surface area contributed by atoms with Crippen molar-refractivity contribution in [2.75, 3.05) is 5.32 Å². The summed E-state index contributed by atoms with van der Waals surface area (Å²) in [5, 5.41) is 6.77. The maximum absolute atomic E-state index is 13.1. The third kappa shape index (κ3) is 4.13. The fraction of sp³-hybridized carbons (Fsp3) is 0.0455. The largest absolute Gasteiger partial charge is 0.334 e. The average Bonchev–Trinajstić information content (AvgIpc) is 2.78. The van der Waals surface area contributed by atoms with Crippen LogP contribution >= 0.6 is 0 Å². The molecule has 0 aliphatic rings. The van der Waals surface area contributed by atoms with Gasteiger partial charge in [-0.1, -0.05) is 30.3 Å². The van der Waals surface area contributed by atoms with Crippen LogP contribution in [0.5, 0.6) is 0 Å². The van der Waals surface area contributed by atoms with Crippen LogP contribution in [0.1, 0.15) is 5.56 Å². The van der Waals surface area contributed by atoms with Gasteiger partial charge < -0.3 is 10.6 Å². The Morgan fingerprint density at radius 1 is 0.867 bits per heavy atom. The first-order chi connectivity index (χ1) is 14.5. The molecule has 0 spiro atoms. The Balaban J connectivity index is 1.49. The minimum Gasteiger partial charge on any atom is -0.334 e. The molecule has 0 radical (unpaired) electrons. The van der Waals surface area contributed by atoms with Crippen molar-refractivity contribution in [2.24, 2.45) is 0 Å². The van der Waals surface area contributed by atoms with Crippen LogP contribution in [-0.2, 0) is 16.4 Å². The lowest BCUT2D eigenvalue weighted by molar-refractivity contribution is 0.251. The smallest absolute Gasteiger partial charge is 0.319 e. The number of nitrogens with one attached hydrogen (secondary N) is 2. The lowest BCUT2D eigenvalue weighted by Crippen LogP contribution is -2.28. The monoisotopic (exact) mass is 418 g/mol. The zero-order valence-electron chi connectivity index (χ0n) is 15.8. The molecular formula is C22H18N4O3S. The van der Waals surface area contributed by atoms with Gasteiger partial charge in [-0.05, 0) is 35.9 Å². The zero-order chi connectivity index (χ0) is 21.0. The van der Waals surface area contributed by atoms with Crippen molar-refractivity contribution in [1.82, 2.24) is 15.3 Å². The number of benzene rings is 2. The van der Waals surface area contributed by atoms with Gasteiger partial charge in [0, 0.05) is 47.8 Å². The number of sulfone groups is 1. The van der Waals surface area contributed by atoms with Crippen molar-refractivity contribution < 1.29 is 13.2 Å². The minimum absolute atomic E-state index is 0.127. The second-order valence-corrected chi connectivity index (χ2v) is 8.47. The van der Waals surface area contributed by atoms with E-state index < -0.39 is 15.9 Å². The zero-order valence-corrected chi connectivity index (χ0v) is 16.6. The van der Waals surface area contributed by atoms with E-state index in [9.17, 15) is 13.2 Å². The van der Waals surface area contributed by atoms with E-state index in [1.165, 1.54) is 18.3 Å². The molecule has 4 aromatic rings. The number of hydrogen-bond acceptors (Lipinski definition) is 5. The van der Waals surface area contributed by atoms with Gasteiger partial charge in [0.1, 0.15) is 0 Å². The summed E-state index contributed by atoms with van der Waals surface area (Å²) in [6.45, 7) is 0.334. The number of amides is 2. The van der Waals surface area contributed by atoms with Crippen LogP contribution in [0.4, 0.5) is 10.5 Å². The topological polar surface area (TPSA) is 101 Å². The van der Waals surface area contributed by atoms with E-state index in [0.29, 0.717) is 17.6 Å². The molecule has 2 amide bonds. The van der Waals surface area contributed by atoms with E-state index in [-0.39, 0.29) is 9.79 Å². The lowest BCUT2D eigenvalue weighted by Gasteiger charge is -2.10. The molecule has 30 heavy (non-hydrogen) atoms. The van der Waals surface area contributed by atoms with Gasteiger partial charge in [-0.25, -0.2) is 13.2 Å². The van der Waals surface area contributed by atoms with Crippen molar-refractivity contribution in [2.45, 2.75) is 16.3 Å². The van der Waals surface area contributed by atoms with E-state index in [4.69, 9.17) is 0 Å². The normalized spacial score (nSPS) is 11.2. The van der Waals surface area contributed by atoms with Crippen molar-refractivity contribution in [1.29, 1.82) is 0 Å². The number of nitrogens with zero attached hydrogens (tertiary/aromatic N) is 2. The predicted octanol–water partition coefficient (Wildman–Crippen LogP) is 3.78. The second kappa shape index (κ2) is 8.30. The molecule has 0 aliphatic carbocycles. The fourth-order valence-electron chi connectivity index (χ4n) is 3.01. The molecule has 0 aliphatic heterocycles. The first-order valence-corrected chi connectivity index (χ1v) is 10.6. The molecule has 4 rings (SSSR count). The van der Waals surface area contributed by atoms with Crippen molar-refractivity contribution >= 4 is 32.3 Å². The number of urea groups is 1. The number of aromatic nitrogens is 2. The highest BCUT2D eigenvalue weighted by molar-refractivity contribution is 7.91. The standard InChI is InChI=1S/C22H18N4O3S/c27-22(25-13-16-4-3-11-23-12-16)26-18-7-9-19(10-8-18)30(28,29)21-15-24-14-17-5-1-2-6-20(17)21/h1-12,14-15H,13H2,(H2,25,26,27). The summed E-state index contributed by atoms with van der Waals surface area (Å²) in [5.41, 5.74) is 1.35. The number of rotatable bonds is 5. The van der Waals surface area contributed by atoms with Gasteiger partial charge in [-0.15, -0.1) is 0 Å². The molecule has 8 heteroatoms. The minimum atomic E-state index is -3.75. The average molecular weight is 418 g/mol. The molecule has 0 saturated carbocycles. The SMILES string of the molecule is O=C(NCc1cccnc1)Nc1ccc(S(=O)(=O)c2cncc3ccccc23)cc1. The Morgan fingerprint density at radius 3 is 2.43 bits per heavy atom. The molecular weight excluding hydrogens is 400 g/mol. The summed E-state index contributed by atoms with van der Waals surface area (Å²) in [7, 11) is -3.75. The number of carbonyl (C=O) groups is 1. The van der Waals surface area contributed by atoms with Crippen LogP contribution in [0.3, 0.4) is 0 Å². The van der Waals surface area contributed by atoms with Gasteiger partial charge >= 0.3 is 6.03 Å². The summed E-state index contributed by atoms with van der Waals surface area (Å²) < 4.78 is 26.2. The van der Waals surface area contributed by atoms with Gasteiger partial charge in [0.25, 0.3) is 0 Å². The Hall–Kier alpha value is -3.78. The molecule has 2 aromatic carbocycles. The van der Waals surface area contributed by atoms with Crippen LogP contribution < -0.4 is 10.6 Å². The lowest BCUT2D eigenvalue weighted by atomic mass is 10.2. The van der Waals surface area contributed by atoms with Crippen molar-refractivity contribution in [3.8, 4) is 0 Å². The van der Waals surface area contributed by atoms with Crippen LogP contribution in [0, 0.1) is 0 Å². The highest BCUT2D eigenvalue weighted by Crippen LogP contribution is 2.28. The quantitative estimate of drug-likeness (QED) is 0.514. The van der Waals surface area contributed by atoms with Crippen molar-refractivity contribution in [3.05, 3.63) is 91.0 Å². The molecule has 2 aromatic heterocycles. The van der Waals surface area contributed by atoms with Gasteiger partial charge in [0.15, 0.2) is 0 Å². The van der Waals surface area contributed by atoms with Gasteiger partial charge in [0.2, 0.25) is 9.84 Å². The molecule has 150 valence electrons. The Morgan fingerprint density at radius 2 is 1.67 bits per heavy atom. The highest BCUT2D eigenvalue weighted by atomic mass is 32.2. The number of hydrogen-bond donors (Lipinski definition) is 2. The molecule has 0 atom stereocenters. The fourth-order valence-corrected chi connectivity index (χ4v) is 4.43. The van der Waals surface area contributed by atoms with E-state index in [1.54, 1.807) is 48.9 Å². The van der Waals surface area contributed by atoms with Gasteiger partial charge in [-0.2, -0.15) is 0 Å². The summed E-state index contributed by atoms with van der Waals surface area (Å²) in [5.74, 6) is 0. The molecule has 2 N–H and O–H groups in total. The van der Waals surface area contributed by atoms with Gasteiger partial charge in [0.05, 0.1) is 9.79 Å². The number of fused-ring (bicyclic) bond motifs is 1. The van der Waals surface area contributed by atoms with Crippen molar-refractivity contribution in [3.63, 3.8) is 0 Å². The number of anilines is 1. The number of pyridine rings is 2. The van der Waals surface area contributed by atoms with Crippen LogP contribution in [0.25, 0.3) is 10.8 Å². The van der Waals surface area contributed by atoms with E-state index in [0.717, 1.165) is 10.9 Å². The Kier molecular flexibility index (Phi) is 5.40. The van der Waals surface area contributed by atoms with E-state index >= 15 is 0 Å². The summed E-state index contributed by atoms with van der Waals surface area (Å²) in [6.07, 6.45) is 6.32. The summed E-state index contributed by atoms with van der Waals surface area (Å²) >= 11 is 0. The number of carbonyl (C=O) groups excluding carboxylic acids is 1. The maximum atomic E-state index is 13.1. The first kappa shape index (κ1) is 19.5. The molecule has 2 heterocycles. The molecule has 0 bridgehead atoms. The molecule has 7 nitrogen and oxygen atoms in total. The predicted molar refractivity (Wildman–Crippen MR) is 114 cm³/mol. The van der Waals surface area contributed by atoms with Gasteiger partial charge in [-0.3, -0.25) is 9.97 Å². The Bertz CT molecular complexity index is 1290. The van der Waals surface area contributed by atoms with E-state index in [1.807, 2.05) is 18.2 Å². The maximum Gasteiger partial charge on any atom is 0.319 e. The van der Waals surface area contributed by atoms with Crippen LogP contribution in [0.15, 0.2) is 95.2 Å². The molecule has 0 saturated heterocycles. The third-order valence-corrected chi connectivity index (χ3v) is 6.32. The molecule has 0 unspecified atom stereocenters. The first-order valence-electron chi connectivity index (χ1n) is 9.16. The molecule has 0 fully saturated rings. The van der Waals surface area contributed by atoms with E-state index in [2.05, 4.69) is 20.6 Å². The second-order valence-electron chi connectivity index (χ2n) is 6.56. The summed E-state index contributed by atoms with van der Waals surface area (Å²) in [6, 6.07) is 16.5. The third-order valence-electron chi connectivity index (χ3n) is 4.52. The Labute approximate surface area is 173 Å². The van der Waals surface area contributed by atoms with Crippen LogP contribution in [-0.4, -0.2) is 24.4 Å².